The van der Waals surface area contributed by atoms with Crippen LogP contribution in [-0.2, 0) is 17.1 Å². The summed E-state index contributed by atoms with van der Waals surface area (Å²) < 4.78 is 29.3. The van der Waals surface area contributed by atoms with Crippen LogP contribution >= 0.6 is 23.4 Å². The molecule has 0 saturated heterocycles. The van der Waals surface area contributed by atoms with Crippen LogP contribution < -0.4 is 4.72 Å². The Hall–Kier alpha value is -2.22. The van der Waals surface area contributed by atoms with Crippen LogP contribution in [0.15, 0.2) is 76.4 Å². The van der Waals surface area contributed by atoms with E-state index in [9.17, 15) is 8.42 Å². The summed E-state index contributed by atoms with van der Waals surface area (Å²) in [6.07, 6.45) is 5.06. The quantitative estimate of drug-likeness (QED) is 0.649. The van der Waals surface area contributed by atoms with Gasteiger partial charge in [0, 0.05) is 29.4 Å². The maximum atomic E-state index is 12.4. The van der Waals surface area contributed by atoms with E-state index in [0.717, 1.165) is 21.0 Å². The van der Waals surface area contributed by atoms with Gasteiger partial charge in [-0.2, -0.15) is 0 Å². The summed E-state index contributed by atoms with van der Waals surface area (Å²) in [5.74, 6) is 0. The minimum absolute atomic E-state index is 0.501. The first-order chi connectivity index (χ1) is 12.4. The molecule has 0 unspecified atom stereocenters. The fourth-order valence-electron chi connectivity index (χ4n) is 2.12. The number of anilines is 1. The Morgan fingerprint density at radius 1 is 1.15 bits per heavy atom. The zero-order chi connectivity index (χ0) is 18.6. The molecule has 134 valence electrons. The van der Waals surface area contributed by atoms with Crippen molar-refractivity contribution in [3.8, 4) is 0 Å². The van der Waals surface area contributed by atoms with Crippen molar-refractivity contribution in [1.82, 2.24) is 9.55 Å². The van der Waals surface area contributed by atoms with Crippen molar-refractivity contribution in [3.05, 3.63) is 76.9 Å². The lowest BCUT2D eigenvalue weighted by molar-refractivity contribution is 0.609. The first-order valence-corrected chi connectivity index (χ1v) is 10.4. The van der Waals surface area contributed by atoms with E-state index >= 15 is 0 Å². The second-order valence-electron chi connectivity index (χ2n) is 5.42. The highest BCUT2D eigenvalue weighted by molar-refractivity contribution is 7.99. The molecular weight excluding hydrogens is 390 g/mol. The van der Waals surface area contributed by atoms with Crippen molar-refractivity contribution in [2.75, 3.05) is 4.72 Å². The molecule has 0 aliphatic rings. The van der Waals surface area contributed by atoms with Gasteiger partial charge in [0.15, 0.2) is 5.16 Å². The molecule has 0 saturated carbocycles. The molecule has 3 rings (SSSR count). The molecule has 0 aliphatic carbocycles. The molecule has 1 N–H and O–H groups in total. The molecule has 3 aromatic rings. The van der Waals surface area contributed by atoms with Crippen LogP contribution in [-0.4, -0.2) is 18.0 Å². The number of imidazole rings is 1. The maximum Gasteiger partial charge on any atom is 0.255 e. The molecule has 2 aromatic carbocycles. The van der Waals surface area contributed by atoms with Gasteiger partial charge in [-0.05, 0) is 47.7 Å². The molecule has 0 fully saturated rings. The predicted octanol–water partition coefficient (Wildman–Crippen LogP) is 4.64. The van der Waals surface area contributed by atoms with Gasteiger partial charge in [0.2, 0.25) is 0 Å². The summed E-state index contributed by atoms with van der Waals surface area (Å²) in [5, 5.41) is 2.51. The molecular formula is C18H16ClN3O2S2. The second-order valence-corrected chi connectivity index (χ2v) is 8.43. The fraction of sp³-hybridized carbons (Fsp3) is 0.0556. The van der Waals surface area contributed by atoms with Gasteiger partial charge in [-0.15, -0.1) is 0 Å². The first kappa shape index (κ1) is 18.6. The number of nitrogens with zero attached hydrogens (tertiary/aromatic N) is 2. The van der Waals surface area contributed by atoms with Gasteiger partial charge < -0.3 is 4.57 Å². The van der Waals surface area contributed by atoms with Crippen LogP contribution in [0.3, 0.4) is 0 Å². The lowest BCUT2D eigenvalue weighted by atomic mass is 10.2. The van der Waals surface area contributed by atoms with E-state index in [0.29, 0.717) is 10.7 Å². The minimum atomic E-state index is -3.66. The molecule has 0 bridgehead atoms. The van der Waals surface area contributed by atoms with Gasteiger partial charge in [0.05, 0.1) is 11.1 Å². The van der Waals surface area contributed by atoms with Crippen LogP contribution in [0, 0.1) is 0 Å². The van der Waals surface area contributed by atoms with Gasteiger partial charge in [-0.25, -0.2) is 13.4 Å². The summed E-state index contributed by atoms with van der Waals surface area (Å²) in [6, 6.07) is 14.1. The minimum Gasteiger partial charge on any atom is -0.329 e. The molecule has 0 spiro atoms. The van der Waals surface area contributed by atoms with Crippen molar-refractivity contribution >= 4 is 45.1 Å². The highest BCUT2D eigenvalue weighted by Gasteiger charge is 2.12. The highest BCUT2D eigenvalue weighted by Crippen LogP contribution is 2.32. The van der Waals surface area contributed by atoms with E-state index in [1.54, 1.807) is 42.6 Å². The largest absolute Gasteiger partial charge is 0.329 e. The molecule has 8 heteroatoms. The summed E-state index contributed by atoms with van der Waals surface area (Å²) >= 11 is 7.22. The molecule has 1 aromatic heterocycles. The second kappa shape index (κ2) is 7.99. The standard InChI is InChI=1S/C18H16ClN3O2S2/c1-22-12-11-20-18(22)25-17-5-3-2-4-16(17)21-26(23,24)13-10-14-6-8-15(19)9-7-14/h2-13,21H,1H3/b13-10+. The number of halogens is 1. The first-order valence-electron chi connectivity index (χ1n) is 7.64. The highest BCUT2D eigenvalue weighted by atomic mass is 35.5. The smallest absolute Gasteiger partial charge is 0.255 e. The summed E-state index contributed by atoms with van der Waals surface area (Å²) in [6.45, 7) is 0. The van der Waals surface area contributed by atoms with E-state index < -0.39 is 10.0 Å². The van der Waals surface area contributed by atoms with Gasteiger partial charge >= 0.3 is 0 Å². The van der Waals surface area contributed by atoms with Crippen LogP contribution in [0.25, 0.3) is 6.08 Å². The Bertz CT molecular complexity index is 1030. The molecule has 5 nitrogen and oxygen atoms in total. The van der Waals surface area contributed by atoms with Crippen molar-refractivity contribution < 1.29 is 8.42 Å². The number of nitrogens with one attached hydrogen (secondary N) is 1. The van der Waals surface area contributed by atoms with Crippen LogP contribution in [0.2, 0.25) is 5.02 Å². The third-order valence-corrected chi connectivity index (χ3v) is 5.83. The maximum absolute atomic E-state index is 12.4. The fourth-order valence-corrected chi connectivity index (χ4v) is 4.09. The summed E-state index contributed by atoms with van der Waals surface area (Å²) in [4.78, 5) is 5.02. The Morgan fingerprint density at radius 2 is 1.88 bits per heavy atom. The van der Waals surface area contributed by atoms with E-state index in [1.165, 1.54) is 17.8 Å². The third-order valence-electron chi connectivity index (χ3n) is 3.43. The molecule has 0 radical (unpaired) electrons. The Morgan fingerprint density at radius 3 is 2.58 bits per heavy atom. The molecule has 0 atom stereocenters. The Labute approximate surface area is 161 Å². The monoisotopic (exact) mass is 405 g/mol. The van der Waals surface area contributed by atoms with Gasteiger partial charge in [-0.3, -0.25) is 4.72 Å². The molecule has 26 heavy (non-hydrogen) atoms. The van der Waals surface area contributed by atoms with Crippen molar-refractivity contribution in [1.29, 1.82) is 0 Å². The van der Waals surface area contributed by atoms with Crippen LogP contribution in [0.1, 0.15) is 5.56 Å². The lowest BCUT2D eigenvalue weighted by Crippen LogP contribution is -2.09. The number of para-hydroxylation sites is 1. The molecule has 0 aliphatic heterocycles. The van der Waals surface area contributed by atoms with E-state index in [2.05, 4.69) is 9.71 Å². The SMILES string of the molecule is Cn1ccnc1Sc1ccccc1NS(=O)(=O)/C=C/c1ccc(Cl)cc1. The summed E-state index contributed by atoms with van der Waals surface area (Å²) in [7, 11) is -1.77. The number of hydrogen-bond acceptors (Lipinski definition) is 4. The number of hydrogen-bond donors (Lipinski definition) is 1. The zero-order valence-electron chi connectivity index (χ0n) is 13.8. The molecule has 1 heterocycles. The van der Waals surface area contributed by atoms with Crippen molar-refractivity contribution in [2.24, 2.45) is 7.05 Å². The van der Waals surface area contributed by atoms with Crippen LogP contribution in [0.5, 0.6) is 0 Å². The lowest BCUT2D eigenvalue weighted by Gasteiger charge is -2.10. The number of aryl methyl sites for hydroxylation is 1. The average Bonchev–Trinajstić information content (AvgIpc) is 3.01. The van der Waals surface area contributed by atoms with E-state index in [1.807, 2.05) is 29.9 Å². The Balaban J connectivity index is 1.79. The number of sulfonamides is 1. The van der Waals surface area contributed by atoms with Crippen molar-refractivity contribution in [2.45, 2.75) is 10.1 Å². The van der Waals surface area contributed by atoms with E-state index in [-0.39, 0.29) is 0 Å². The van der Waals surface area contributed by atoms with Crippen LogP contribution in [0.4, 0.5) is 5.69 Å². The summed E-state index contributed by atoms with van der Waals surface area (Å²) in [5.41, 5.74) is 1.25. The topological polar surface area (TPSA) is 64.0 Å². The van der Waals surface area contributed by atoms with Gasteiger partial charge in [-0.1, -0.05) is 35.9 Å². The predicted molar refractivity (Wildman–Crippen MR) is 107 cm³/mol. The van der Waals surface area contributed by atoms with Gasteiger partial charge in [0.1, 0.15) is 0 Å². The third kappa shape index (κ3) is 4.91. The zero-order valence-corrected chi connectivity index (χ0v) is 16.2. The van der Waals surface area contributed by atoms with E-state index in [4.69, 9.17) is 11.6 Å². The number of rotatable bonds is 6. The number of benzene rings is 2. The molecule has 0 amide bonds. The number of aromatic nitrogens is 2. The Kier molecular flexibility index (Phi) is 5.70. The van der Waals surface area contributed by atoms with Gasteiger partial charge in [0.25, 0.3) is 10.0 Å². The average molecular weight is 406 g/mol. The normalized spacial score (nSPS) is 11.8. The van der Waals surface area contributed by atoms with Crippen molar-refractivity contribution in [3.63, 3.8) is 0 Å².